The summed E-state index contributed by atoms with van der Waals surface area (Å²) in [7, 11) is 0. The van der Waals surface area contributed by atoms with Gasteiger partial charge in [0.05, 0.1) is 31.6 Å². The number of hydrogen-bond donors (Lipinski definition) is 4. The highest BCUT2D eigenvalue weighted by Gasteiger charge is 2.29. The average Bonchev–Trinajstić information content (AvgIpc) is 3.92. The van der Waals surface area contributed by atoms with E-state index in [-0.39, 0.29) is 25.7 Å². The molecule has 0 radical (unpaired) electrons. The molecule has 0 aliphatic heterocycles. The maximum absolute atomic E-state index is 13.3. The molecule has 0 bridgehead atoms. The Balaban J connectivity index is 0.000000426. The van der Waals surface area contributed by atoms with Gasteiger partial charge in [-0.3, -0.25) is 4.79 Å². The van der Waals surface area contributed by atoms with Crippen LogP contribution >= 0.6 is 0 Å². The van der Waals surface area contributed by atoms with E-state index in [4.69, 9.17) is 9.47 Å². The van der Waals surface area contributed by atoms with Crippen molar-refractivity contribution in [3.63, 3.8) is 0 Å². The smallest absolute Gasteiger partial charge is 0.407 e. The second-order valence-corrected chi connectivity index (χ2v) is 13.2. The van der Waals surface area contributed by atoms with Gasteiger partial charge in [0.25, 0.3) is 0 Å². The minimum absolute atomic E-state index is 0.0288. The summed E-state index contributed by atoms with van der Waals surface area (Å²) < 4.78 is 11.6. The molecule has 1 aliphatic rings. The van der Waals surface area contributed by atoms with Gasteiger partial charge in [-0.2, -0.15) is 0 Å². The minimum atomic E-state index is -0.970. The molecular formula is C45H47N5O4. The molecule has 0 saturated carbocycles. The van der Waals surface area contributed by atoms with Gasteiger partial charge in [-0.1, -0.05) is 122 Å². The van der Waals surface area contributed by atoms with Crippen molar-refractivity contribution >= 4 is 28.5 Å². The molecule has 0 spiro atoms. The average molecular weight is 722 g/mol. The van der Waals surface area contributed by atoms with Crippen molar-refractivity contribution in [3.8, 4) is 11.3 Å². The number of fused-ring (bicyclic) bond motifs is 2. The molecule has 7 rings (SSSR count). The topological polar surface area (TPSA) is 121 Å². The van der Waals surface area contributed by atoms with Crippen molar-refractivity contribution in [2.75, 3.05) is 13.2 Å². The first-order valence-electron chi connectivity index (χ1n) is 18.3. The summed E-state index contributed by atoms with van der Waals surface area (Å²) in [6.45, 7) is 6.88. The van der Waals surface area contributed by atoms with Crippen molar-refractivity contribution in [1.82, 2.24) is 25.6 Å². The number of nitrogens with one attached hydrogen (secondary N) is 4. The van der Waals surface area contributed by atoms with Crippen LogP contribution in [0.25, 0.3) is 27.7 Å². The molecule has 54 heavy (non-hydrogen) atoms. The van der Waals surface area contributed by atoms with Gasteiger partial charge in [-0.05, 0) is 65.3 Å². The third kappa shape index (κ3) is 9.61. The van der Waals surface area contributed by atoms with Crippen molar-refractivity contribution < 1.29 is 19.1 Å². The summed E-state index contributed by atoms with van der Waals surface area (Å²) >= 11 is 0. The predicted molar refractivity (Wildman–Crippen MR) is 214 cm³/mol. The normalized spacial score (nSPS) is 14.0. The van der Waals surface area contributed by atoms with Gasteiger partial charge in [-0.25, -0.2) is 9.78 Å². The molecule has 9 heteroatoms. The zero-order valence-electron chi connectivity index (χ0n) is 31.0. The van der Waals surface area contributed by atoms with E-state index in [9.17, 15) is 9.59 Å². The quantitative estimate of drug-likeness (QED) is 0.0949. The van der Waals surface area contributed by atoms with Gasteiger partial charge in [0, 0.05) is 23.0 Å². The monoisotopic (exact) mass is 721 g/mol. The zero-order valence-corrected chi connectivity index (χ0v) is 31.0. The Hall–Kier alpha value is -6.19. The molecule has 0 fully saturated rings. The second-order valence-electron chi connectivity index (χ2n) is 13.2. The van der Waals surface area contributed by atoms with Crippen LogP contribution in [0.2, 0.25) is 0 Å². The molecule has 2 amide bonds. The number of nitrogens with zero attached hydrogens (tertiary/aromatic N) is 1. The number of alkyl carbamates (subject to hydrolysis) is 1. The van der Waals surface area contributed by atoms with E-state index in [1.165, 1.54) is 22.0 Å². The number of allylic oxidation sites excluding steroid dienone is 3. The first-order chi connectivity index (χ1) is 26.4. The number of H-pyrrole nitrogens is 2. The van der Waals surface area contributed by atoms with E-state index in [1.807, 2.05) is 85.1 Å². The summed E-state index contributed by atoms with van der Waals surface area (Å²) in [6, 6.07) is 35.0. The number of aromatic amines is 2. The molecule has 4 N–H and O–H groups in total. The fourth-order valence-electron chi connectivity index (χ4n) is 6.51. The lowest BCUT2D eigenvalue weighted by Gasteiger charge is -2.20. The lowest BCUT2D eigenvalue weighted by Crippen LogP contribution is -2.49. The van der Waals surface area contributed by atoms with Crippen LogP contribution in [0, 0.1) is 6.92 Å². The fourth-order valence-corrected chi connectivity index (χ4v) is 6.51. The van der Waals surface area contributed by atoms with Crippen molar-refractivity contribution in [1.29, 1.82) is 0 Å². The number of rotatable bonds is 13. The van der Waals surface area contributed by atoms with E-state index >= 15 is 0 Å². The highest BCUT2D eigenvalue weighted by atomic mass is 16.5. The molecule has 2 unspecified atom stereocenters. The summed E-state index contributed by atoms with van der Waals surface area (Å²) in [4.78, 5) is 37.2. The fraction of sp³-hybridized carbons (Fsp3) is 0.222. The van der Waals surface area contributed by atoms with E-state index in [1.54, 1.807) is 6.20 Å². The Labute approximate surface area is 316 Å². The number of imidazole rings is 1. The SMILES string of the molecule is CC/C=C\C1=C(C)c2ccccc2C1COC(=O)NC(COCc1ccccc1)C(=O)NCc1ncc(-c2ccccc2)[nH]1.Cc1c[nH]c2ccccc12. The molecule has 9 nitrogen and oxygen atoms in total. The standard InChI is InChI=1S/C36H38N4O4.C9H9N/c1-3-4-17-29-25(2)28-18-11-12-19-30(28)31(29)23-44-36(42)40-33(24-43-22-26-13-7-5-8-14-26)35(41)38-21-34-37-20-32(39-34)27-15-9-6-10-16-27;1-7-6-10-9-5-3-2-4-8(7)9/h4-20,31,33H,3,21-24H2,1-2H3,(H,37,39)(H,38,41)(H,40,42);2-6,10H,1H3/b17-4-;. The van der Waals surface area contributed by atoms with E-state index < -0.39 is 18.0 Å². The Morgan fingerprint density at radius 1 is 0.907 bits per heavy atom. The largest absolute Gasteiger partial charge is 0.449 e. The molecule has 6 aromatic rings. The van der Waals surface area contributed by atoms with Crippen molar-refractivity contribution in [2.45, 2.75) is 52.3 Å². The molecular weight excluding hydrogens is 675 g/mol. The van der Waals surface area contributed by atoms with Crippen LogP contribution in [0.3, 0.4) is 0 Å². The highest BCUT2D eigenvalue weighted by molar-refractivity contribution is 5.86. The highest BCUT2D eigenvalue weighted by Crippen LogP contribution is 2.42. The molecule has 2 aromatic heterocycles. The Morgan fingerprint density at radius 2 is 1.63 bits per heavy atom. The summed E-state index contributed by atoms with van der Waals surface area (Å²) in [5.74, 6) is 0.110. The molecule has 0 saturated heterocycles. The summed E-state index contributed by atoms with van der Waals surface area (Å²) in [5.41, 5.74) is 9.96. The number of benzene rings is 4. The van der Waals surface area contributed by atoms with Crippen LogP contribution in [-0.4, -0.2) is 46.2 Å². The van der Waals surface area contributed by atoms with Gasteiger partial charge < -0.3 is 30.1 Å². The predicted octanol–water partition coefficient (Wildman–Crippen LogP) is 9.02. The number of hydrogen-bond acceptors (Lipinski definition) is 5. The number of ether oxygens (including phenoxy) is 2. The molecule has 1 aliphatic carbocycles. The van der Waals surface area contributed by atoms with Crippen LogP contribution < -0.4 is 10.6 Å². The third-order valence-electron chi connectivity index (χ3n) is 9.41. The molecule has 2 atom stereocenters. The number of para-hydroxylation sites is 1. The van der Waals surface area contributed by atoms with Gasteiger partial charge in [0.2, 0.25) is 5.91 Å². The molecule has 4 aromatic carbocycles. The van der Waals surface area contributed by atoms with Gasteiger partial charge in [-0.15, -0.1) is 0 Å². The van der Waals surface area contributed by atoms with E-state index in [2.05, 4.69) is 88.8 Å². The van der Waals surface area contributed by atoms with Crippen molar-refractivity contribution in [3.05, 3.63) is 167 Å². The van der Waals surface area contributed by atoms with Crippen molar-refractivity contribution in [2.24, 2.45) is 0 Å². The Bertz CT molecular complexity index is 2200. The number of carbonyl (C=O) groups excluding carboxylic acids is 2. The first kappa shape index (κ1) is 37.6. The third-order valence-corrected chi connectivity index (χ3v) is 9.41. The Morgan fingerprint density at radius 3 is 2.41 bits per heavy atom. The molecule has 276 valence electrons. The maximum atomic E-state index is 13.3. The van der Waals surface area contributed by atoms with Gasteiger partial charge in [0.15, 0.2) is 0 Å². The van der Waals surface area contributed by atoms with Crippen LogP contribution in [0.1, 0.15) is 54.3 Å². The minimum Gasteiger partial charge on any atom is -0.449 e. The number of carbonyl (C=O) groups is 2. The van der Waals surface area contributed by atoms with E-state index in [0.717, 1.165) is 39.9 Å². The molecule has 2 heterocycles. The zero-order chi connectivity index (χ0) is 37.7. The maximum Gasteiger partial charge on any atom is 0.407 e. The first-order valence-corrected chi connectivity index (χ1v) is 18.3. The van der Waals surface area contributed by atoms with Gasteiger partial charge in [0.1, 0.15) is 18.5 Å². The second kappa shape index (κ2) is 18.5. The van der Waals surface area contributed by atoms with E-state index in [0.29, 0.717) is 12.4 Å². The van der Waals surface area contributed by atoms with Crippen LogP contribution in [0.5, 0.6) is 0 Å². The van der Waals surface area contributed by atoms with Crippen LogP contribution in [-0.2, 0) is 27.4 Å². The number of aromatic nitrogens is 3. The van der Waals surface area contributed by atoms with Gasteiger partial charge >= 0.3 is 6.09 Å². The lowest BCUT2D eigenvalue weighted by molar-refractivity contribution is -0.124. The Kier molecular flexibility index (Phi) is 12.9. The number of amides is 2. The van der Waals surface area contributed by atoms with Crippen LogP contribution in [0.15, 0.2) is 139 Å². The number of aryl methyl sites for hydroxylation is 1. The van der Waals surface area contributed by atoms with Crippen LogP contribution in [0.4, 0.5) is 4.79 Å². The lowest BCUT2D eigenvalue weighted by atomic mass is 9.96. The summed E-state index contributed by atoms with van der Waals surface area (Å²) in [6.07, 6.45) is 8.22. The summed E-state index contributed by atoms with van der Waals surface area (Å²) in [5, 5.41) is 6.91.